The van der Waals surface area contributed by atoms with Crippen molar-refractivity contribution in [1.29, 1.82) is 0 Å². The topological polar surface area (TPSA) is 40.5 Å². The molecule has 3 nitrogen and oxygen atoms in total. The van der Waals surface area contributed by atoms with E-state index in [1.54, 1.807) is 6.92 Å². The molecule has 0 aliphatic carbocycles. The molecule has 1 aromatic rings. The summed E-state index contributed by atoms with van der Waals surface area (Å²) in [5, 5.41) is 9.05. The Morgan fingerprint density at radius 3 is 2.38 bits per heavy atom. The van der Waals surface area contributed by atoms with Crippen LogP contribution in [-0.4, -0.2) is 23.7 Å². The molecule has 0 aromatic heterocycles. The molecule has 0 aliphatic heterocycles. The van der Waals surface area contributed by atoms with Crippen LogP contribution in [0, 0.1) is 6.92 Å². The number of carboxylic acid groups (broad SMARTS) is 1. The summed E-state index contributed by atoms with van der Waals surface area (Å²) in [6.07, 6.45) is 0.936. The lowest BCUT2D eigenvalue weighted by Gasteiger charge is -2.28. The number of aryl methyl sites for hydroxylation is 1. The molecule has 0 spiro atoms. The molecule has 0 aliphatic rings. The maximum absolute atomic E-state index is 11.0. The van der Waals surface area contributed by atoms with Crippen LogP contribution < -0.4 is 4.90 Å². The fourth-order valence-corrected chi connectivity index (χ4v) is 1.66. The van der Waals surface area contributed by atoms with Crippen LogP contribution in [0.5, 0.6) is 0 Å². The van der Waals surface area contributed by atoms with E-state index in [0.29, 0.717) is 0 Å². The number of hydrogen-bond acceptors (Lipinski definition) is 2. The molecule has 0 unspecified atom stereocenters. The molecule has 0 saturated heterocycles. The standard InChI is InChI=1S/C13H19NO2/c1-4-9-14(11(3)13(15)16)12-7-5-10(2)6-8-12/h5-8,11H,4,9H2,1-3H3,(H,15,16)/t11-/m0/s1. The third-order valence-electron chi connectivity index (χ3n) is 2.66. The third kappa shape index (κ3) is 2.99. The Balaban J connectivity index is 2.92. The van der Waals surface area contributed by atoms with Crippen molar-refractivity contribution in [3.05, 3.63) is 29.8 Å². The highest BCUT2D eigenvalue weighted by Gasteiger charge is 2.19. The van der Waals surface area contributed by atoms with Gasteiger partial charge in [0.05, 0.1) is 0 Å². The number of anilines is 1. The third-order valence-corrected chi connectivity index (χ3v) is 2.66. The van der Waals surface area contributed by atoms with Crippen LogP contribution in [0.1, 0.15) is 25.8 Å². The van der Waals surface area contributed by atoms with Gasteiger partial charge in [-0.1, -0.05) is 24.6 Å². The number of benzene rings is 1. The zero-order valence-electron chi connectivity index (χ0n) is 10.1. The molecule has 1 rings (SSSR count). The lowest BCUT2D eigenvalue weighted by atomic mass is 10.1. The van der Waals surface area contributed by atoms with Crippen molar-refractivity contribution in [1.82, 2.24) is 0 Å². The van der Waals surface area contributed by atoms with Crippen molar-refractivity contribution < 1.29 is 9.90 Å². The van der Waals surface area contributed by atoms with Crippen LogP contribution in [0.25, 0.3) is 0 Å². The summed E-state index contributed by atoms with van der Waals surface area (Å²) in [6, 6.07) is 7.48. The van der Waals surface area contributed by atoms with Gasteiger partial charge in [0.15, 0.2) is 0 Å². The van der Waals surface area contributed by atoms with Gasteiger partial charge in [-0.15, -0.1) is 0 Å². The monoisotopic (exact) mass is 221 g/mol. The Morgan fingerprint density at radius 1 is 1.38 bits per heavy atom. The highest BCUT2D eigenvalue weighted by Crippen LogP contribution is 2.18. The Kier molecular flexibility index (Phi) is 4.35. The maximum atomic E-state index is 11.0. The fraction of sp³-hybridized carbons (Fsp3) is 0.462. The maximum Gasteiger partial charge on any atom is 0.326 e. The lowest BCUT2D eigenvalue weighted by Crippen LogP contribution is -2.39. The van der Waals surface area contributed by atoms with Crippen LogP contribution >= 0.6 is 0 Å². The van der Waals surface area contributed by atoms with Crippen molar-refractivity contribution in [3.63, 3.8) is 0 Å². The van der Waals surface area contributed by atoms with E-state index in [0.717, 1.165) is 18.7 Å². The largest absolute Gasteiger partial charge is 0.480 e. The molecule has 1 N–H and O–H groups in total. The molecular weight excluding hydrogens is 202 g/mol. The van der Waals surface area contributed by atoms with Gasteiger partial charge in [0, 0.05) is 12.2 Å². The van der Waals surface area contributed by atoms with E-state index >= 15 is 0 Å². The van der Waals surface area contributed by atoms with Crippen LogP contribution in [0.3, 0.4) is 0 Å². The molecule has 16 heavy (non-hydrogen) atoms. The van der Waals surface area contributed by atoms with Crippen LogP contribution in [-0.2, 0) is 4.79 Å². The second-order valence-corrected chi connectivity index (χ2v) is 4.04. The van der Waals surface area contributed by atoms with E-state index in [1.165, 1.54) is 5.56 Å². The first-order chi connectivity index (χ1) is 7.56. The molecule has 0 bridgehead atoms. The zero-order chi connectivity index (χ0) is 12.1. The van der Waals surface area contributed by atoms with E-state index in [1.807, 2.05) is 36.1 Å². The molecule has 88 valence electrons. The van der Waals surface area contributed by atoms with Crippen molar-refractivity contribution in [2.45, 2.75) is 33.2 Å². The number of hydrogen-bond donors (Lipinski definition) is 1. The summed E-state index contributed by atoms with van der Waals surface area (Å²) in [5.74, 6) is -0.783. The Labute approximate surface area is 96.7 Å². The van der Waals surface area contributed by atoms with Crippen LogP contribution in [0.15, 0.2) is 24.3 Å². The molecule has 0 amide bonds. The fourth-order valence-electron chi connectivity index (χ4n) is 1.66. The Bertz CT molecular complexity index is 345. The molecule has 0 saturated carbocycles. The zero-order valence-corrected chi connectivity index (χ0v) is 10.1. The normalized spacial score (nSPS) is 12.2. The van der Waals surface area contributed by atoms with Crippen LogP contribution in [0.4, 0.5) is 5.69 Å². The summed E-state index contributed by atoms with van der Waals surface area (Å²) in [5.41, 5.74) is 2.16. The smallest absolute Gasteiger partial charge is 0.326 e. The first-order valence-corrected chi connectivity index (χ1v) is 5.62. The molecule has 0 heterocycles. The Morgan fingerprint density at radius 2 is 1.94 bits per heavy atom. The summed E-state index contributed by atoms with van der Waals surface area (Å²) in [6.45, 7) is 6.55. The number of aliphatic carboxylic acids is 1. The van der Waals surface area contributed by atoms with Gasteiger partial charge in [-0.2, -0.15) is 0 Å². The average Bonchev–Trinajstić information content (AvgIpc) is 2.26. The van der Waals surface area contributed by atoms with E-state index in [4.69, 9.17) is 5.11 Å². The molecule has 0 radical (unpaired) electrons. The number of rotatable bonds is 5. The summed E-state index contributed by atoms with van der Waals surface area (Å²) >= 11 is 0. The first kappa shape index (κ1) is 12.6. The van der Waals surface area contributed by atoms with Crippen molar-refractivity contribution >= 4 is 11.7 Å². The van der Waals surface area contributed by atoms with Gasteiger partial charge in [-0.05, 0) is 32.4 Å². The van der Waals surface area contributed by atoms with Gasteiger partial charge in [-0.25, -0.2) is 4.79 Å². The van der Waals surface area contributed by atoms with Gasteiger partial charge in [-0.3, -0.25) is 0 Å². The van der Waals surface area contributed by atoms with Crippen molar-refractivity contribution in [2.75, 3.05) is 11.4 Å². The predicted octanol–water partition coefficient (Wildman–Crippen LogP) is 2.68. The van der Waals surface area contributed by atoms with Crippen molar-refractivity contribution in [2.24, 2.45) is 0 Å². The summed E-state index contributed by atoms with van der Waals surface area (Å²) in [7, 11) is 0. The van der Waals surface area contributed by atoms with E-state index in [-0.39, 0.29) is 0 Å². The molecule has 3 heteroatoms. The average molecular weight is 221 g/mol. The van der Waals surface area contributed by atoms with Gasteiger partial charge in [0.2, 0.25) is 0 Å². The van der Waals surface area contributed by atoms with E-state index in [2.05, 4.69) is 6.92 Å². The second kappa shape index (κ2) is 5.54. The van der Waals surface area contributed by atoms with E-state index < -0.39 is 12.0 Å². The van der Waals surface area contributed by atoms with Gasteiger partial charge < -0.3 is 10.0 Å². The highest BCUT2D eigenvalue weighted by atomic mass is 16.4. The lowest BCUT2D eigenvalue weighted by molar-refractivity contribution is -0.138. The molecule has 0 fully saturated rings. The predicted molar refractivity (Wildman–Crippen MR) is 65.9 cm³/mol. The van der Waals surface area contributed by atoms with Crippen LogP contribution in [0.2, 0.25) is 0 Å². The van der Waals surface area contributed by atoms with E-state index in [9.17, 15) is 4.79 Å². The minimum atomic E-state index is -0.783. The molecule has 1 aromatic carbocycles. The highest BCUT2D eigenvalue weighted by molar-refractivity contribution is 5.77. The SMILES string of the molecule is CCCN(c1ccc(C)cc1)[C@@H](C)C(=O)O. The van der Waals surface area contributed by atoms with Gasteiger partial charge in [0.1, 0.15) is 6.04 Å². The van der Waals surface area contributed by atoms with Gasteiger partial charge >= 0.3 is 5.97 Å². The molecule has 1 atom stereocenters. The quantitative estimate of drug-likeness (QED) is 0.831. The van der Waals surface area contributed by atoms with Gasteiger partial charge in [0.25, 0.3) is 0 Å². The number of carboxylic acids is 1. The minimum absolute atomic E-state index is 0.484. The Hall–Kier alpha value is -1.51. The second-order valence-electron chi connectivity index (χ2n) is 4.04. The first-order valence-electron chi connectivity index (χ1n) is 5.62. The van der Waals surface area contributed by atoms with Crippen molar-refractivity contribution in [3.8, 4) is 0 Å². The minimum Gasteiger partial charge on any atom is -0.480 e. The summed E-state index contributed by atoms with van der Waals surface area (Å²) < 4.78 is 0. The number of carbonyl (C=O) groups is 1. The summed E-state index contributed by atoms with van der Waals surface area (Å²) in [4.78, 5) is 12.9. The molecular formula is C13H19NO2. The number of nitrogens with zero attached hydrogens (tertiary/aromatic N) is 1.